The average molecular weight is 294 g/mol. The highest BCUT2D eigenvalue weighted by molar-refractivity contribution is 8.00. The Hall–Kier alpha value is -1.30. The zero-order chi connectivity index (χ0) is 14.2. The predicted octanol–water partition coefficient (Wildman–Crippen LogP) is 2.02. The minimum Gasteiger partial charge on any atom is -0.354 e. The van der Waals surface area contributed by atoms with Gasteiger partial charge in [-0.05, 0) is 38.0 Å². The first kappa shape index (κ1) is 15.1. The van der Waals surface area contributed by atoms with Crippen LogP contribution in [0.3, 0.4) is 0 Å². The number of thioether (sulfide) groups is 1. The number of hydrogen-bond donors (Lipinski definition) is 1. The van der Waals surface area contributed by atoms with Crippen molar-refractivity contribution in [3.8, 4) is 0 Å². The van der Waals surface area contributed by atoms with E-state index in [9.17, 15) is 4.79 Å². The smallest absolute Gasteiger partial charge is 0.235 e. The first-order valence-corrected chi connectivity index (χ1v) is 8.23. The molecule has 0 bridgehead atoms. The Labute approximate surface area is 124 Å². The molecule has 1 aromatic rings. The van der Waals surface area contributed by atoms with Crippen molar-refractivity contribution < 1.29 is 4.79 Å². The summed E-state index contributed by atoms with van der Waals surface area (Å²) < 4.78 is 0. The topological polar surface area (TPSA) is 58.1 Å². The Bertz CT molecular complexity index is 409. The van der Waals surface area contributed by atoms with E-state index in [2.05, 4.69) is 15.3 Å². The van der Waals surface area contributed by atoms with Crippen LogP contribution in [0.2, 0.25) is 0 Å². The van der Waals surface area contributed by atoms with Gasteiger partial charge in [0.1, 0.15) is 0 Å². The van der Waals surface area contributed by atoms with E-state index in [0.717, 1.165) is 44.6 Å². The van der Waals surface area contributed by atoms with Gasteiger partial charge in [0.2, 0.25) is 11.9 Å². The number of amides is 1. The summed E-state index contributed by atoms with van der Waals surface area (Å²) in [4.78, 5) is 22.3. The van der Waals surface area contributed by atoms with Gasteiger partial charge in [-0.3, -0.25) is 4.79 Å². The number of hydrogen-bond acceptors (Lipinski definition) is 5. The maximum absolute atomic E-state index is 12.1. The zero-order valence-corrected chi connectivity index (χ0v) is 12.7. The largest absolute Gasteiger partial charge is 0.354 e. The third-order valence-corrected chi connectivity index (χ3v) is 4.53. The number of anilines is 1. The third-order valence-electron chi connectivity index (χ3n) is 3.30. The van der Waals surface area contributed by atoms with Crippen LogP contribution in [-0.2, 0) is 4.79 Å². The van der Waals surface area contributed by atoms with Crippen molar-refractivity contribution in [1.82, 2.24) is 14.9 Å². The molecule has 5 nitrogen and oxygen atoms in total. The summed E-state index contributed by atoms with van der Waals surface area (Å²) in [6, 6.07) is 1.80. The number of nitrogens with one attached hydrogen (secondary N) is 1. The number of nitrogens with zero attached hydrogens (tertiary/aromatic N) is 3. The molecule has 2 heterocycles. The third kappa shape index (κ3) is 4.67. The molecule has 1 unspecified atom stereocenters. The van der Waals surface area contributed by atoms with Crippen molar-refractivity contribution in [2.45, 2.75) is 31.4 Å². The van der Waals surface area contributed by atoms with Crippen molar-refractivity contribution in [3.63, 3.8) is 0 Å². The zero-order valence-electron chi connectivity index (χ0n) is 11.9. The van der Waals surface area contributed by atoms with Crippen LogP contribution in [0.1, 0.15) is 26.2 Å². The Morgan fingerprint density at radius 3 is 2.80 bits per heavy atom. The molecule has 1 saturated heterocycles. The van der Waals surface area contributed by atoms with Crippen molar-refractivity contribution >= 4 is 23.6 Å². The predicted molar refractivity (Wildman–Crippen MR) is 82.9 cm³/mol. The van der Waals surface area contributed by atoms with E-state index in [4.69, 9.17) is 0 Å². The number of likely N-dealkylation sites (tertiary alicyclic amines) is 1. The van der Waals surface area contributed by atoms with Crippen LogP contribution in [0.15, 0.2) is 18.5 Å². The summed E-state index contributed by atoms with van der Waals surface area (Å²) in [6.45, 7) is 4.73. The lowest BCUT2D eigenvalue weighted by molar-refractivity contribution is -0.129. The molecule has 110 valence electrons. The summed E-state index contributed by atoms with van der Waals surface area (Å²) in [6.07, 6.45) is 6.76. The molecule has 0 aliphatic carbocycles. The number of rotatable bonds is 7. The van der Waals surface area contributed by atoms with Crippen LogP contribution in [-0.4, -0.2) is 51.4 Å². The highest BCUT2D eigenvalue weighted by Crippen LogP contribution is 2.17. The van der Waals surface area contributed by atoms with Gasteiger partial charge in [-0.2, -0.15) is 0 Å². The number of aromatic nitrogens is 2. The molecule has 6 heteroatoms. The van der Waals surface area contributed by atoms with Crippen molar-refractivity contribution in [3.05, 3.63) is 18.5 Å². The van der Waals surface area contributed by atoms with Gasteiger partial charge in [0, 0.05) is 32.0 Å². The molecule has 1 amide bonds. The fraction of sp³-hybridized carbons (Fsp3) is 0.643. The lowest BCUT2D eigenvalue weighted by atomic mass is 10.4. The van der Waals surface area contributed by atoms with E-state index in [1.54, 1.807) is 30.2 Å². The van der Waals surface area contributed by atoms with Gasteiger partial charge in [-0.1, -0.05) is 0 Å². The fourth-order valence-electron chi connectivity index (χ4n) is 2.19. The second-order valence-electron chi connectivity index (χ2n) is 4.90. The Kier molecular flexibility index (Phi) is 6.11. The van der Waals surface area contributed by atoms with Gasteiger partial charge in [0.05, 0.1) is 5.25 Å². The molecule has 2 rings (SSSR count). The Balaban J connectivity index is 1.57. The monoisotopic (exact) mass is 294 g/mol. The van der Waals surface area contributed by atoms with Crippen LogP contribution in [0.4, 0.5) is 5.95 Å². The molecule has 1 N–H and O–H groups in total. The standard InChI is InChI=1S/C14H22N4OS/c1-12(13(19)18-9-2-3-10-18)20-11-5-8-17-14-15-6-4-7-16-14/h4,6-7,12H,2-3,5,8-11H2,1H3,(H,15,16,17). The highest BCUT2D eigenvalue weighted by Gasteiger charge is 2.22. The molecular weight excluding hydrogens is 272 g/mol. The molecule has 1 fully saturated rings. The first-order chi connectivity index (χ1) is 9.77. The van der Waals surface area contributed by atoms with Gasteiger partial charge in [-0.25, -0.2) is 9.97 Å². The lowest BCUT2D eigenvalue weighted by Gasteiger charge is -2.19. The molecule has 1 aliphatic heterocycles. The van der Waals surface area contributed by atoms with E-state index < -0.39 is 0 Å². The van der Waals surface area contributed by atoms with Crippen molar-refractivity contribution in [2.24, 2.45) is 0 Å². The van der Waals surface area contributed by atoms with E-state index in [1.165, 1.54) is 0 Å². The maximum Gasteiger partial charge on any atom is 0.235 e. The van der Waals surface area contributed by atoms with E-state index in [1.807, 2.05) is 11.8 Å². The van der Waals surface area contributed by atoms with Crippen molar-refractivity contribution in [2.75, 3.05) is 30.7 Å². The van der Waals surface area contributed by atoms with Crippen LogP contribution < -0.4 is 5.32 Å². The van der Waals surface area contributed by atoms with Crippen LogP contribution in [0, 0.1) is 0 Å². The summed E-state index contributed by atoms with van der Waals surface area (Å²) in [5.41, 5.74) is 0. The Morgan fingerprint density at radius 1 is 1.40 bits per heavy atom. The molecule has 0 spiro atoms. The minimum atomic E-state index is 0.0704. The summed E-state index contributed by atoms with van der Waals surface area (Å²) in [7, 11) is 0. The normalized spacial score (nSPS) is 16.1. The van der Waals surface area contributed by atoms with Crippen LogP contribution in [0.5, 0.6) is 0 Å². The average Bonchev–Trinajstić information content (AvgIpc) is 3.01. The SMILES string of the molecule is CC(SCCCNc1ncccn1)C(=O)N1CCCC1. The van der Waals surface area contributed by atoms with Crippen LogP contribution in [0.25, 0.3) is 0 Å². The molecule has 0 saturated carbocycles. The maximum atomic E-state index is 12.1. The first-order valence-electron chi connectivity index (χ1n) is 7.18. The fourth-order valence-corrected chi connectivity index (χ4v) is 3.14. The van der Waals surface area contributed by atoms with E-state index >= 15 is 0 Å². The van der Waals surface area contributed by atoms with E-state index in [-0.39, 0.29) is 5.25 Å². The van der Waals surface area contributed by atoms with Crippen molar-refractivity contribution in [1.29, 1.82) is 0 Å². The molecule has 1 atom stereocenters. The summed E-state index contributed by atoms with van der Waals surface area (Å²) >= 11 is 1.73. The minimum absolute atomic E-state index is 0.0704. The quantitative estimate of drug-likeness (QED) is 0.780. The van der Waals surface area contributed by atoms with Gasteiger partial charge < -0.3 is 10.2 Å². The van der Waals surface area contributed by atoms with Gasteiger partial charge in [0.25, 0.3) is 0 Å². The lowest BCUT2D eigenvalue weighted by Crippen LogP contribution is -2.34. The van der Waals surface area contributed by atoms with Gasteiger partial charge in [-0.15, -0.1) is 11.8 Å². The van der Waals surface area contributed by atoms with E-state index in [0.29, 0.717) is 11.9 Å². The molecule has 0 radical (unpaired) electrons. The molecule has 1 aliphatic rings. The number of carbonyl (C=O) groups is 1. The molecule has 1 aromatic heterocycles. The second kappa shape index (κ2) is 8.09. The second-order valence-corrected chi connectivity index (χ2v) is 6.35. The molecule has 0 aromatic carbocycles. The van der Waals surface area contributed by atoms with Crippen LogP contribution >= 0.6 is 11.8 Å². The van der Waals surface area contributed by atoms with Gasteiger partial charge >= 0.3 is 0 Å². The summed E-state index contributed by atoms with van der Waals surface area (Å²) in [5, 5.41) is 3.24. The Morgan fingerprint density at radius 2 is 2.10 bits per heavy atom. The summed E-state index contributed by atoms with van der Waals surface area (Å²) in [5.74, 6) is 1.94. The highest BCUT2D eigenvalue weighted by atomic mass is 32.2. The molecule has 20 heavy (non-hydrogen) atoms. The molecular formula is C14H22N4OS. The number of carbonyl (C=O) groups excluding carboxylic acids is 1. The van der Waals surface area contributed by atoms with Gasteiger partial charge in [0.15, 0.2) is 0 Å².